The van der Waals surface area contributed by atoms with E-state index in [1.807, 2.05) is 74.3 Å². The lowest BCUT2D eigenvalue weighted by Gasteiger charge is -2.24. The van der Waals surface area contributed by atoms with Crippen molar-refractivity contribution in [2.45, 2.75) is 26.3 Å². The quantitative estimate of drug-likeness (QED) is 0.696. The minimum absolute atomic E-state index is 0.0301. The van der Waals surface area contributed by atoms with Gasteiger partial charge in [0.1, 0.15) is 11.5 Å². The summed E-state index contributed by atoms with van der Waals surface area (Å²) in [4.78, 5) is 14.4. The molecule has 1 atom stereocenters. The van der Waals surface area contributed by atoms with E-state index >= 15 is 0 Å². The van der Waals surface area contributed by atoms with Crippen LogP contribution in [0.2, 0.25) is 0 Å². The van der Waals surface area contributed by atoms with Gasteiger partial charge in [-0.2, -0.15) is 0 Å². The maximum Gasteiger partial charge on any atom is 0.241 e. The molecule has 0 saturated heterocycles. The van der Waals surface area contributed by atoms with E-state index in [0.29, 0.717) is 6.61 Å². The fourth-order valence-electron chi connectivity index (χ4n) is 2.53. The van der Waals surface area contributed by atoms with Crippen LogP contribution in [0.15, 0.2) is 48.5 Å². The lowest BCUT2D eigenvalue weighted by atomic mass is 10.2. The van der Waals surface area contributed by atoms with E-state index in [1.165, 1.54) is 0 Å². The number of aryl methyl sites for hydroxylation is 1. The molecule has 0 fully saturated rings. The van der Waals surface area contributed by atoms with Crippen LogP contribution in [-0.4, -0.2) is 44.2 Å². The Kier molecular flexibility index (Phi) is 7.48. The van der Waals surface area contributed by atoms with E-state index in [2.05, 4.69) is 5.32 Å². The molecule has 140 valence electrons. The summed E-state index contributed by atoms with van der Waals surface area (Å²) in [5, 5.41) is 2.93. The summed E-state index contributed by atoms with van der Waals surface area (Å²) in [6.07, 6.45) is 0.852. The molecule has 0 heterocycles. The molecule has 0 radical (unpaired) electrons. The Morgan fingerprint density at radius 3 is 2.50 bits per heavy atom. The number of hydrogen-bond acceptors (Lipinski definition) is 4. The number of methoxy groups -OCH3 is 1. The highest BCUT2D eigenvalue weighted by atomic mass is 16.5. The molecule has 0 saturated carbocycles. The Hall–Kier alpha value is -2.53. The number of ether oxygens (including phenoxy) is 2. The molecule has 1 amide bonds. The second-order valence-electron chi connectivity index (χ2n) is 6.34. The minimum atomic E-state index is -0.226. The summed E-state index contributed by atoms with van der Waals surface area (Å²) < 4.78 is 10.9. The smallest absolute Gasteiger partial charge is 0.241 e. The summed E-state index contributed by atoms with van der Waals surface area (Å²) in [6.45, 7) is 5.35. The zero-order valence-corrected chi connectivity index (χ0v) is 16.0. The molecule has 2 aromatic rings. The van der Waals surface area contributed by atoms with E-state index in [1.54, 1.807) is 7.11 Å². The monoisotopic (exact) mass is 356 g/mol. The number of nitrogens with one attached hydrogen (secondary N) is 1. The van der Waals surface area contributed by atoms with E-state index in [4.69, 9.17) is 9.47 Å². The van der Waals surface area contributed by atoms with Gasteiger partial charge in [0.25, 0.3) is 0 Å². The molecule has 0 bridgehead atoms. The Morgan fingerprint density at radius 1 is 1.15 bits per heavy atom. The van der Waals surface area contributed by atoms with Crippen LogP contribution in [0.5, 0.6) is 11.5 Å². The third-order valence-corrected chi connectivity index (χ3v) is 4.40. The Labute approximate surface area is 155 Å². The predicted octanol–water partition coefficient (Wildman–Crippen LogP) is 3.73. The maximum atomic E-state index is 12.4. The molecule has 0 aliphatic carbocycles. The van der Waals surface area contributed by atoms with Crippen LogP contribution < -0.4 is 14.8 Å². The number of carbonyl (C=O) groups is 1. The van der Waals surface area contributed by atoms with Crippen LogP contribution >= 0.6 is 0 Å². The van der Waals surface area contributed by atoms with Crippen LogP contribution in [0.1, 0.15) is 18.9 Å². The number of benzene rings is 2. The molecule has 1 unspecified atom stereocenters. The van der Waals surface area contributed by atoms with E-state index < -0.39 is 0 Å². The van der Waals surface area contributed by atoms with Crippen molar-refractivity contribution in [3.8, 4) is 11.5 Å². The Bertz CT molecular complexity index is 701. The highest BCUT2D eigenvalue weighted by Crippen LogP contribution is 2.17. The van der Waals surface area contributed by atoms with Crippen molar-refractivity contribution in [3.05, 3.63) is 54.1 Å². The van der Waals surface area contributed by atoms with Crippen LogP contribution in [0, 0.1) is 6.92 Å². The SMILES string of the molecule is COc1ccc(NC(=O)C(C)N(C)CCCOc2ccccc2C)cc1. The first-order chi connectivity index (χ1) is 12.5. The fraction of sp³-hybridized carbons (Fsp3) is 0.381. The summed E-state index contributed by atoms with van der Waals surface area (Å²) in [6, 6.07) is 15.1. The van der Waals surface area contributed by atoms with Crippen molar-refractivity contribution in [3.63, 3.8) is 0 Å². The molecule has 2 rings (SSSR count). The van der Waals surface area contributed by atoms with Gasteiger partial charge in [0.15, 0.2) is 0 Å². The van der Waals surface area contributed by atoms with Gasteiger partial charge in [-0.25, -0.2) is 0 Å². The highest BCUT2D eigenvalue weighted by Gasteiger charge is 2.17. The number of amides is 1. The highest BCUT2D eigenvalue weighted by molar-refractivity contribution is 5.94. The molecule has 1 N–H and O–H groups in total. The van der Waals surface area contributed by atoms with Crippen molar-refractivity contribution in [2.24, 2.45) is 0 Å². The second kappa shape index (κ2) is 9.82. The first-order valence-electron chi connectivity index (χ1n) is 8.85. The maximum absolute atomic E-state index is 12.4. The van der Waals surface area contributed by atoms with Gasteiger partial charge in [-0.3, -0.25) is 9.69 Å². The van der Waals surface area contributed by atoms with Gasteiger partial charge >= 0.3 is 0 Å². The van der Waals surface area contributed by atoms with Crippen LogP contribution in [0.3, 0.4) is 0 Å². The van der Waals surface area contributed by atoms with Crippen LogP contribution in [0.25, 0.3) is 0 Å². The fourth-order valence-corrected chi connectivity index (χ4v) is 2.53. The number of nitrogens with zero attached hydrogens (tertiary/aromatic N) is 1. The number of likely N-dealkylation sites (N-methyl/N-ethyl adjacent to an activating group) is 1. The van der Waals surface area contributed by atoms with Gasteiger partial charge < -0.3 is 14.8 Å². The third-order valence-electron chi connectivity index (χ3n) is 4.40. The third kappa shape index (κ3) is 5.77. The van der Waals surface area contributed by atoms with E-state index in [9.17, 15) is 4.79 Å². The minimum Gasteiger partial charge on any atom is -0.497 e. The number of para-hydroxylation sites is 1. The summed E-state index contributed by atoms with van der Waals surface area (Å²) in [7, 11) is 3.57. The molecule has 0 aromatic heterocycles. The Balaban J connectivity index is 1.74. The van der Waals surface area contributed by atoms with Gasteiger partial charge in [0.05, 0.1) is 19.8 Å². The van der Waals surface area contributed by atoms with E-state index in [-0.39, 0.29) is 11.9 Å². The molecule has 5 heteroatoms. The van der Waals surface area contributed by atoms with E-state index in [0.717, 1.165) is 35.7 Å². The molecule has 2 aromatic carbocycles. The van der Waals surface area contributed by atoms with Gasteiger partial charge in [-0.15, -0.1) is 0 Å². The second-order valence-corrected chi connectivity index (χ2v) is 6.34. The molecule has 0 aliphatic rings. The summed E-state index contributed by atoms with van der Waals surface area (Å²) in [5.74, 6) is 1.65. The van der Waals surface area contributed by atoms with Gasteiger partial charge in [-0.1, -0.05) is 18.2 Å². The topological polar surface area (TPSA) is 50.8 Å². The zero-order valence-electron chi connectivity index (χ0n) is 16.0. The zero-order chi connectivity index (χ0) is 18.9. The number of anilines is 1. The Morgan fingerprint density at radius 2 is 1.85 bits per heavy atom. The van der Waals surface area contributed by atoms with Crippen molar-refractivity contribution < 1.29 is 14.3 Å². The first kappa shape index (κ1) is 19.8. The number of carbonyl (C=O) groups excluding carboxylic acids is 1. The standard InChI is InChI=1S/C21H28N2O3/c1-16-8-5-6-9-20(16)26-15-7-14-23(3)17(2)21(24)22-18-10-12-19(25-4)13-11-18/h5-6,8-13,17H,7,14-15H2,1-4H3,(H,22,24). The molecule has 0 spiro atoms. The van der Waals surface area contributed by atoms with Crippen LogP contribution in [0.4, 0.5) is 5.69 Å². The van der Waals surface area contributed by atoms with Crippen molar-refractivity contribution in [1.82, 2.24) is 4.90 Å². The predicted molar refractivity (Wildman–Crippen MR) is 105 cm³/mol. The molecule has 5 nitrogen and oxygen atoms in total. The molecule has 26 heavy (non-hydrogen) atoms. The molecular formula is C21H28N2O3. The van der Waals surface area contributed by atoms with Crippen molar-refractivity contribution in [1.29, 1.82) is 0 Å². The molecule has 0 aliphatic heterocycles. The van der Waals surface area contributed by atoms with Gasteiger partial charge in [0.2, 0.25) is 5.91 Å². The first-order valence-corrected chi connectivity index (χ1v) is 8.85. The lowest BCUT2D eigenvalue weighted by Crippen LogP contribution is -2.40. The van der Waals surface area contributed by atoms with Crippen LogP contribution in [-0.2, 0) is 4.79 Å². The van der Waals surface area contributed by atoms with Crippen molar-refractivity contribution >= 4 is 11.6 Å². The van der Waals surface area contributed by atoms with Gasteiger partial charge in [-0.05, 0) is 63.2 Å². The number of hydrogen-bond donors (Lipinski definition) is 1. The molecular weight excluding hydrogens is 328 g/mol. The summed E-state index contributed by atoms with van der Waals surface area (Å²) in [5.41, 5.74) is 1.90. The largest absolute Gasteiger partial charge is 0.497 e. The summed E-state index contributed by atoms with van der Waals surface area (Å²) >= 11 is 0. The average molecular weight is 356 g/mol. The van der Waals surface area contributed by atoms with Crippen molar-refractivity contribution in [2.75, 3.05) is 32.6 Å². The lowest BCUT2D eigenvalue weighted by molar-refractivity contribution is -0.120. The normalized spacial score (nSPS) is 11.9. The average Bonchev–Trinajstić information content (AvgIpc) is 2.66. The van der Waals surface area contributed by atoms with Gasteiger partial charge in [0, 0.05) is 12.2 Å². The number of rotatable bonds is 9.